The minimum Gasteiger partial charge on any atom is -0.383 e. The first-order valence-electron chi connectivity index (χ1n) is 5.88. The summed E-state index contributed by atoms with van der Waals surface area (Å²) in [4.78, 5) is 2.36. The zero-order valence-corrected chi connectivity index (χ0v) is 11.5. The van der Waals surface area contributed by atoms with Gasteiger partial charge in [0.05, 0.1) is 11.1 Å². The first-order chi connectivity index (χ1) is 8.22. The second-order valence-corrected chi connectivity index (χ2v) is 5.20. The van der Waals surface area contributed by atoms with E-state index in [9.17, 15) is 4.39 Å². The molecule has 0 unspecified atom stereocenters. The Morgan fingerprint density at radius 2 is 2.24 bits per heavy atom. The Bertz CT molecular complexity index is 382. The molecule has 0 aliphatic heterocycles. The molecule has 0 heterocycles. The van der Waals surface area contributed by atoms with Crippen LogP contribution in [0.5, 0.6) is 0 Å². The molecule has 0 spiro atoms. The molecule has 0 bridgehead atoms. The highest BCUT2D eigenvalue weighted by Crippen LogP contribution is 2.30. The Hall–Kier alpha value is -0.450. The number of rotatable bonds is 6. The fraction of sp³-hybridized carbons (Fsp3) is 0.538. The highest BCUT2D eigenvalue weighted by atomic mass is 79.9. The van der Waals surface area contributed by atoms with Crippen LogP contribution in [0.25, 0.3) is 0 Å². The summed E-state index contributed by atoms with van der Waals surface area (Å²) < 4.78 is 19.1. The molecule has 1 aliphatic carbocycles. The molecular formula is C13H17BrFNO. The summed E-state index contributed by atoms with van der Waals surface area (Å²) in [5, 5.41) is 0. The van der Waals surface area contributed by atoms with E-state index in [0.29, 0.717) is 10.5 Å². The topological polar surface area (TPSA) is 12.5 Å². The monoisotopic (exact) mass is 301 g/mol. The van der Waals surface area contributed by atoms with Crippen molar-refractivity contribution in [2.45, 2.75) is 25.4 Å². The zero-order chi connectivity index (χ0) is 12.3. The van der Waals surface area contributed by atoms with Crippen LogP contribution in [-0.4, -0.2) is 31.2 Å². The van der Waals surface area contributed by atoms with Crippen molar-refractivity contribution in [3.05, 3.63) is 34.1 Å². The Morgan fingerprint density at radius 1 is 1.47 bits per heavy atom. The summed E-state index contributed by atoms with van der Waals surface area (Å²) in [6.45, 7) is 2.42. The van der Waals surface area contributed by atoms with Crippen LogP contribution < -0.4 is 0 Å². The van der Waals surface area contributed by atoms with E-state index >= 15 is 0 Å². The van der Waals surface area contributed by atoms with Gasteiger partial charge in [-0.05, 0) is 40.4 Å². The number of nitrogens with zero attached hydrogens (tertiary/aromatic N) is 1. The molecule has 17 heavy (non-hydrogen) atoms. The van der Waals surface area contributed by atoms with Gasteiger partial charge in [-0.25, -0.2) is 4.39 Å². The van der Waals surface area contributed by atoms with Gasteiger partial charge in [0.25, 0.3) is 0 Å². The number of benzene rings is 1. The molecule has 2 nitrogen and oxygen atoms in total. The van der Waals surface area contributed by atoms with E-state index in [1.54, 1.807) is 13.2 Å². The van der Waals surface area contributed by atoms with Crippen molar-refractivity contribution in [3.63, 3.8) is 0 Å². The zero-order valence-electron chi connectivity index (χ0n) is 9.96. The molecule has 0 aromatic heterocycles. The van der Waals surface area contributed by atoms with Gasteiger partial charge in [0, 0.05) is 26.2 Å². The summed E-state index contributed by atoms with van der Waals surface area (Å²) in [6.07, 6.45) is 2.49. The lowest BCUT2D eigenvalue weighted by Gasteiger charge is -2.22. The summed E-state index contributed by atoms with van der Waals surface area (Å²) >= 11 is 3.31. The van der Waals surface area contributed by atoms with Gasteiger partial charge < -0.3 is 4.74 Å². The Morgan fingerprint density at radius 3 is 2.88 bits per heavy atom. The summed E-state index contributed by atoms with van der Waals surface area (Å²) in [5.74, 6) is -0.190. The van der Waals surface area contributed by atoms with Crippen molar-refractivity contribution >= 4 is 15.9 Å². The minimum absolute atomic E-state index is 0.190. The van der Waals surface area contributed by atoms with E-state index in [1.807, 2.05) is 6.07 Å². The molecule has 0 N–H and O–H groups in total. The van der Waals surface area contributed by atoms with E-state index in [1.165, 1.54) is 18.9 Å². The van der Waals surface area contributed by atoms with Crippen LogP contribution in [0.15, 0.2) is 22.7 Å². The second kappa shape index (κ2) is 5.94. The van der Waals surface area contributed by atoms with Crippen molar-refractivity contribution in [2.75, 3.05) is 20.3 Å². The first kappa shape index (κ1) is 13.0. The lowest BCUT2D eigenvalue weighted by Crippen LogP contribution is -2.29. The molecular weight excluding hydrogens is 285 g/mol. The highest BCUT2D eigenvalue weighted by Gasteiger charge is 2.29. The molecule has 4 heteroatoms. The van der Waals surface area contributed by atoms with Gasteiger partial charge in [-0.1, -0.05) is 12.1 Å². The smallest absolute Gasteiger partial charge is 0.137 e. The first-order valence-corrected chi connectivity index (χ1v) is 6.67. The second-order valence-electron chi connectivity index (χ2n) is 4.41. The number of ether oxygens (including phenoxy) is 1. The summed E-state index contributed by atoms with van der Waals surface area (Å²) in [6, 6.07) is 5.86. The van der Waals surface area contributed by atoms with E-state index in [2.05, 4.69) is 20.8 Å². The van der Waals surface area contributed by atoms with Crippen molar-refractivity contribution in [3.8, 4) is 0 Å². The van der Waals surface area contributed by atoms with Crippen molar-refractivity contribution in [1.29, 1.82) is 0 Å². The van der Waals surface area contributed by atoms with Crippen LogP contribution in [0.2, 0.25) is 0 Å². The van der Waals surface area contributed by atoms with Gasteiger partial charge in [-0.2, -0.15) is 0 Å². The van der Waals surface area contributed by atoms with Crippen LogP contribution in [0.1, 0.15) is 18.4 Å². The van der Waals surface area contributed by atoms with Crippen LogP contribution >= 0.6 is 15.9 Å². The van der Waals surface area contributed by atoms with Crippen LogP contribution in [0.4, 0.5) is 4.39 Å². The number of hydrogen-bond donors (Lipinski definition) is 0. The van der Waals surface area contributed by atoms with Crippen LogP contribution in [-0.2, 0) is 11.3 Å². The Labute approximate surface area is 110 Å². The van der Waals surface area contributed by atoms with Gasteiger partial charge >= 0.3 is 0 Å². The predicted molar refractivity (Wildman–Crippen MR) is 69.4 cm³/mol. The van der Waals surface area contributed by atoms with E-state index in [4.69, 9.17) is 4.74 Å². The molecule has 1 aliphatic rings. The number of halogens is 2. The van der Waals surface area contributed by atoms with E-state index in [-0.39, 0.29) is 5.82 Å². The Kier molecular flexibility index (Phi) is 4.54. The SMILES string of the molecule is COCCN(Cc1cccc(F)c1Br)C1CC1. The van der Waals surface area contributed by atoms with Gasteiger partial charge in [0.2, 0.25) is 0 Å². The summed E-state index contributed by atoms with van der Waals surface area (Å²) in [5.41, 5.74) is 1.01. The molecule has 1 fully saturated rings. The number of hydrogen-bond acceptors (Lipinski definition) is 2. The largest absolute Gasteiger partial charge is 0.383 e. The normalized spacial score (nSPS) is 15.5. The van der Waals surface area contributed by atoms with Gasteiger partial charge in [0.1, 0.15) is 5.82 Å². The maximum absolute atomic E-state index is 13.4. The fourth-order valence-electron chi connectivity index (χ4n) is 1.93. The number of methoxy groups -OCH3 is 1. The average molecular weight is 302 g/mol. The molecule has 1 aromatic rings. The Balaban J connectivity index is 2.03. The molecule has 1 aromatic carbocycles. The molecule has 0 atom stereocenters. The third-order valence-corrected chi connectivity index (χ3v) is 3.94. The lowest BCUT2D eigenvalue weighted by molar-refractivity contribution is 0.139. The van der Waals surface area contributed by atoms with Crippen molar-refractivity contribution in [1.82, 2.24) is 4.90 Å². The van der Waals surface area contributed by atoms with Crippen molar-refractivity contribution < 1.29 is 9.13 Å². The maximum atomic E-state index is 13.4. The standard InChI is InChI=1S/C13H17BrFNO/c1-17-8-7-16(11-5-6-11)9-10-3-2-4-12(15)13(10)14/h2-4,11H,5-9H2,1H3. The molecule has 1 saturated carbocycles. The molecule has 94 valence electrons. The molecule has 2 rings (SSSR count). The van der Waals surface area contributed by atoms with Crippen molar-refractivity contribution in [2.24, 2.45) is 0 Å². The van der Waals surface area contributed by atoms with Crippen LogP contribution in [0, 0.1) is 5.82 Å². The van der Waals surface area contributed by atoms with Gasteiger partial charge in [-0.15, -0.1) is 0 Å². The maximum Gasteiger partial charge on any atom is 0.137 e. The van der Waals surface area contributed by atoms with Gasteiger partial charge in [0.15, 0.2) is 0 Å². The minimum atomic E-state index is -0.190. The summed E-state index contributed by atoms with van der Waals surface area (Å²) in [7, 11) is 1.71. The average Bonchev–Trinajstić information content (AvgIpc) is 3.14. The van der Waals surface area contributed by atoms with Crippen LogP contribution in [0.3, 0.4) is 0 Å². The molecule has 0 radical (unpaired) electrons. The van der Waals surface area contributed by atoms with E-state index < -0.39 is 0 Å². The quantitative estimate of drug-likeness (QED) is 0.800. The molecule has 0 amide bonds. The molecule has 0 saturated heterocycles. The van der Waals surface area contributed by atoms with E-state index in [0.717, 1.165) is 25.3 Å². The third kappa shape index (κ3) is 3.50. The lowest BCUT2D eigenvalue weighted by atomic mass is 10.2. The van der Waals surface area contributed by atoms with Gasteiger partial charge in [-0.3, -0.25) is 4.90 Å². The predicted octanol–water partition coefficient (Wildman–Crippen LogP) is 3.20. The fourth-order valence-corrected chi connectivity index (χ4v) is 2.32. The highest BCUT2D eigenvalue weighted by molar-refractivity contribution is 9.10. The third-order valence-electron chi connectivity index (χ3n) is 3.05.